The molecule has 1 aromatic carbocycles. The average Bonchev–Trinajstić information content (AvgIpc) is 3.16. The number of benzene rings is 1. The van der Waals surface area contributed by atoms with Gasteiger partial charge in [0.05, 0.1) is 0 Å². The maximum atomic E-state index is 13.7. The third-order valence-electron chi connectivity index (χ3n) is 5.28. The van der Waals surface area contributed by atoms with Crippen molar-refractivity contribution in [3.8, 4) is 11.4 Å². The Morgan fingerprint density at radius 2 is 2.15 bits per heavy atom. The van der Waals surface area contributed by atoms with Crippen molar-refractivity contribution >= 4 is 5.91 Å². The maximum absolute atomic E-state index is 13.7. The molecule has 1 aliphatic carbocycles. The van der Waals surface area contributed by atoms with Crippen LogP contribution < -0.4 is 11.1 Å². The van der Waals surface area contributed by atoms with Crippen LogP contribution in [0.5, 0.6) is 0 Å². The molecule has 2 aromatic rings. The number of hydrogen-bond donors (Lipinski definition) is 2. The lowest BCUT2D eigenvalue weighted by Gasteiger charge is -2.30. The van der Waals surface area contributed by atoms with Crippen molar-refractivity contribution < 1.29 is 13.7 Å². The summed E-state index contributed by atoms with van der Waals surface area (Å²) in [5.74, 6) is 0.791. The summed E-state index contributed by atoms with van der Waals surface area (Å²) in [4.78, 5) is 16.5. The molecule has 146 valence electrons. The number of nitrogens with one attached hydrogen (secondary N) is 1. The molecule has 1 unspecified atom stereocenters. The Bertz CT molecular complexity index is 771. The number of rotatable bonds is 7. The Labute approximate surface area is 158 Å². The first-order chi connectivity index (χ1) is 13.1. The first kappa shape index (κ1) is 19.5. The number of aromatic nitrogens is 2. The van der Waals surface area contributed by atoms with Gasteiger partial charge in [-0.2, -0.15) is 4.98 Å². The fourth-order valence-electron chi connectivity index (χ4n) is 3.61. The Morgan fingerprint density at radius 3 is 2.85 bits per heavy atom. The molecule has 1 amide bonds. The smallest absolute Gasteiger partial charge is 0.227 e. The predicted octanol–water partition coefficient (Wildman–Crippen LogP) is 3.14. The van der Waals surface area contributed by atoms with Gasteiger partial charge in [0.25, 0.3) is 0 Å². The molecule has 7 heteroatoms. The standard InChI is InChI=1S/C20H27FN4O2/c1-13-7-8-15(11-16(13)21)20-24-19(27-25-20)10-9-18(26)23-17(12-22)14-5-3-2-4-6-14/h7-8,11,14,17H,2-6,9-10,12,22H2,1H3,(H,23,26). The van der Waals surface area contributed by atoms with Gasteiger partial charge in [0.15, 0.2) is 0 Å². The Morgan fingerprint density at radius 1 is 1.37 bits per heavy atom. The van der Waals surface area contributed by atoms with Gasteiger partial charge < -0.3 is 15.6 Å². The first-order valence-corrected chi connectivity index (χ1v) is 9.65. The zero-order valence-corrected chi connectivity index (χ0v) is 15.7. The summed E-state index contributed by atoms with van der Waals surface area (Å²) in [6.45, 7) is 2.15. The molecule has 1 aliphatic rings. The zero-order chi connectivity index (χ0) is 19.2. The van der Waals surface area contributed by atoms with Crippen LogP contribution in [0, 0.1) is 18.7 Å². The monoisotopic (exact) mass is 374 g/mol. The molecule has 0 saturated heterocycles. The van der Waals surface area contributed by atoms with Crippen LogP contribution in [0.4, 0.5) is 4.39 Å². The van der Waals surface area contributed by atoms with E-state index in [1.807, 2.05) is 0 Å². The van der Waals surface area contributed by atoms with E-state index >= 15 is 0 Å². The van der Waals surface area contributed by atoms with Crippen molar-refractivity contribution in [1.29, 1.82) is 0 Å². The van der Waals surface area contributed by atoms with Gasteiger partial charge in [-0.25, -0.2) is 4.39 Å². The molecule has 1 fully saturated rings. The lowest BCUT2D eigenvalue weighted by atomic mass is 9.84. The van der Waals surface area contributed by atoms with Crippen molar-refractivity contribution in [3.63, 3.8) is 0 Å². The van der Waals surface area contributed by atoms with E-state index in [1.54, 1.807) is 19.1 Å². The van der Waals surface area contributed by atoms with E-state index in [4.69, 9.17) is 10.3 Å². The molecule has 1 saturated carbocycles. The van der Waals surface area contributed by atoms with Crippen LogP contribution in [0.1, 0.15) is 50.0 Å². The van der Waals surface area contributed by atoms with Gasteiger partial charge in [0.1, 0.15) is 5.82 Å². The minimum Gasteiger partial charge on any atom is -0.352 e. The highest BCUT2D eigenvalue weighted by Crippen LogP contribution is 2.26. The van der Waals surface area contributed by atoms with Crippen LogP contribution in [-0.2, 0) is 11.2 Å². The second-order valence-electron chi connectivity index (χ2n) is 7.28. The largest absolute Gasteiger partial charge is 0.352 e. The fraction of sp³-hybridized carbons (Fsp3) is 0.550. The minimum atomic E-state index is -0.311. The molecule has 27 heavy (non-hydrogen) atoms. The fourth-order valence-corrected chi connectivity index (χ4v) is 3.61. The van der Waals surface area contributed by atoms with Crippen LogP contribution in [0.3, 0.4) is 0 Å². The molecule has 0 radical (unpaired) electrons. The molecule has 6 nitrogen and oxygen atoms in total. The van der Waals surface area contributed by atoms with Crippen molar-refractivity contribution in [2.45, 2.75) is 57.9 Å². The highest BCUT2D eigenvalue weighted by molar-refractivity contribution is 5.76. The number of nitrogens with zero attached hydrogens (tertiary/aromatic N) is 2. The lowest BCUT2D eigenvalue weighted by Crippen LogP contribution is -2.46. The molecular weight excluding hydrogens is 347 g/mol. The topological polar surface area (TPSA) is 94.0 Å². The average molecular weight is 374 g/mol. The van der Waals surface area contributed by atoms with Crippen LogP contribution in [0.25, 0.3) is 11.4 Å². The molecular formula is C20H27FN4O2. The maximum Gasteiger partial charge on any atom is 0.227 e. The molecule has 1 aromatic heterocycles. The van der Waals surface area contributed by atoms with Crippen molar-refractivity contribution in [2.75, 3.05) is 6.54 Å². The van der Waals surface area contributed by atoms with Gasteiger partial charge in [0, 0.05) is 31.0 Å². The first-order valence-electron chi connectivity index (χ1n) is 9.65. The minimum absolute atomic E-state index is 0.0339. The summed E-state index contributed by atoms with van der Waals surface area (Å²) in [5.41, 5.74) is 6.98. The van der Waals surface area contributed by atoms with Gasteiger partial charge in [0.2, 0.25) is 17.6 Å². The summed E-state index contributed by atoms with van der Waals surface area (Å²) < 4.78 is 18.9. The van der Waals surface area contributed by atoms with Crippen molar-refractivity contribution in [1.82, 2.24) is 15.5 Å². The normalized spacial score (nSPS) is 16.3. The second kappa shape index (κ2) is 9.08. The van der Waals surface area contributed by atoms with Crippen LogP contribution in [0.2, 0.25) is 0 Å². The quantitative estimate of drug-likeness (QED) is 0.776. The van der Waals surface area contributed by atoms with E-state index in [1.165, 1.54) is 25.3 Å². The summed E-state index contributed by atoms with van der Waals surface area (Å²) in [7, 11) is 0. The Hall–Kier alpha value is -2.28. The van der Waals surface area contributed by atoms with Gasteiger partial charge in [-0.15, -0.1) is 0 Å². The molecule has 1 atom stereocenters. The molecule has 0 aliphatic heterocycles. The van der Waals surface area contributed by atoms with E-state index in [9.17, 15) is 9.18 Å². The predicted molar refractivity (Wildman–Crippen MR) is 100 cm³/mol. The van der Waals surface area contributed by atoms with Gasteiger partial charge in [-0.05, 0) is 37.3 Å². The second-order valence-corrected chi connectivity index (χ2v) is 7.28. The van der Waals surface area contributed by atoms with E-state index in [0.29, 0.717) is 41.7 Å². The summed E-state index contributed by atoms with van der Waals surface area (Å²) >= 11 is 0. The van der Waals surface area contributed by atoms with E-state index < -0.39 is 0 Å². The number of halogens is 1. The Kier molecular flexibility index (Phi) is 6.55. The van der Waals surface area contributed by atoms with Crippen LogP contribution in [0.15, 0.2) is 22.7 Å². The number of hydrogen-bond acceptors (Lipinski definition) is 5. The summed E-state index contributed by atoms with van der Waals surface area (Å²) in [6, 6.07) is 4.83. The number of aryl methyl sites for hydroxylation is 2. The van der Waals surface area contributed by atoms with E-state index in [2.05, 4.69) is 15.5 Å². The lowest BCUT2D eigenvalue weighted by molar-refractivity contribution is -0.122. The van der Waals surface area contributed by atoms with Crippen molar-refractivity contribution in [3.05, 3.63) is 35.5 Å². The summed E-state index contributed by atoms with van der Waals surface area (Å²) in [6.07, 6.45) is 6.54. The van der Waals surface area contributed by atoms with Crippen LogP contribution >= 0.6 is 0 Å². The molecule has 0 spiro atoms. The van der Waals surface area contributed by atoms with Crippen molar-refractivity contribution in [2.24, 2.45) is 11.7 Å². The third kappa shape index (κ3) is 5.13. The highest BCUT2D eigenvalue weighted by atomic mass is 19.1. The van der Waals surface area contributed by atoms with Gasteiger partial charge in [-0.3, -0.25) is 4.79 Å². The number of nitrogens with two attached hydrogens (primary N) is 1. The third-order valence-corrected chi connectivity index (χ3v) is 5.28. The molecule has 3 N–H and O–H groups in total. The van der Waals surface area contributed by atoms with E-state index in [0.717, 1.165) is 12.8 Å². The summed E-state index contributed by atoms with van der Waals surface area (Å²) in [5, 5.41) is 6.94. The van der Waals surface area contributed by atoms with Crippen LogP contribution in [-0.4, -0.2) is 28.6 Å². The van der Waals surface area contributed by atoms with E-state index in [-0.39, 0.29) is 24.2 Å². The number of carbonyl (C=O) groups is 1. The van der Waals surface area contributed by atoms with Gasteiger partial charge in [-0.1, -0.05) is 36.6 Å². The number of amides is 1. The molecule has 1 heterocycles. The van der Waals surface area contributed by atoms with Gasteiger partial charge >= 0.3 is 0 Å². The SMILES string of the molecule is Cc1ccc(-c2noc(CCC(=O)NC(CN)C3CCCCC3)n2)cc1F. The number of carbonyl (C=O) groups excluding carboxylic acids is 1. The molecule has 3 rings (SSSR count). The zero-order valence-electron chi connectivity index (χ0n) is 15.7. The Balaban J connectivity index is 1.53. The molecule has 0 bridgehead atoms. The highest BCUT2D eigenvalue weighted by Gasteiger charge is 2.24.